The first-order valence-electron chi connectivity index (χ1n) is 5.97. The quantitative estimate of drug-likeness (QED) is 0.913. The van der Waals surface area contributed by atoms with Gasteiger partial charge in [0.2, 0.25) is 5.88 Å². The highest BCUT2D eigenvalue weighted by atomic mass is 35.5. The zero-order valence-corrected chi connectivity index (χ0v) is 11.6. The molecule has 0 aliphatic heterocycles. The molecular weight excluding hydrogens is 323 g/mol. The Labute approximate surface area is 128 Å². The number of carboxylic acids is 1. The lowest BCUT2D eigenvalue weighted by Crippen LogP contribution is -2.05. The van der Waals surface area contributed by atoms with Crippen LogP contribution in [0.2, 0.25) is 5.02 Å². The second-order valence-electron chi connectivity index (χ2n) is 4.33. The average molecular weight is 332 g/mol. The van der Waals surface area contributed by atoms with Gasteiger partial charge in [0.05, 0.1) is 12.0 Å². The van der Waals surface area contributed by atoms with E-state index in [1.165, 1.54) is 12.1 Å². The molecule has 0 saturated carbocycles. The second kappa shape index (κ2) is 6.23. The summed E-state index contributed by atoms with van der Waals surface area (Å²) in [6.45, 7) is 0. The van der Waals surface area contributed by atoms with Gasteiger partial charge in [-0.1, -0.05) is 23.7 Å². The van der Waals surface area contributed by atoms with Crippen molar-refractivity contribution in [1.29, 1.82) is 0 Å². The first kappa shape index (κ1) is 16.1. The highest BCUT2D eigenvalue weighted by molar-refractivity contribution is 6.31. The number of ether oxygens (including phenoxy) is 1. The van der Waals surface area contributed by atoms with Gasteiger partial charge >= 0.3 is 12.1 Å². The number of nitrogens with zero attached hydrogens (tertiary/aromatic N) is 1. The summed E-state index contributed by atoms with van der Waals surface area (Å²) in [6.07, 6.45) is -4.13. The summed E-state index contributed by atoms with van der Waals surface area (Å²) in [6, 6.07) is 6.82. The molecule has 1 aromatic heterocycles. The number of benzene rings is 1. The molecule has 2 rings (SSSR count). The number of aromatic nitrogens is 1. The molecule has 0 saturated heterocycles. The smallest absolute Gasteiger partial charge is 0.417 e. The Morgan fingerprint density at radius 2 is 2.05 bits per heavy atom. The summed E-state index contributed by atoms with van der Waals surface area (Å²) in [4.78, 5) is 14.2. The van der Waals surface area contributed by atoms with E-state index in [0.717, 1.165) is 0 Å². The zero-order valence-electron chi connectivity index (χ0n) is 10.9. The van der Waals surface area contributed by atoms with Crippen molar-refractivity contribution in [2.24, 2.45) is 0 Å². The van der Waals surface area contributed by atoms with Crippen molar-refractivity contribution < 1.29 is 27.8 Å². The number of carbonyl (C=O) groups is 1. The van der Waals surface area contributed by atoms with Crippen molar-refractivity contribution in [3.8, 4) is 11.6 Å². The maximum atomic E-state index is 12.5. The summed E-state index contributed by atoms with van der Waals surface area (Å²) in [7, 11) is 0. The summed E-state index contributed by atoms with van der Waals surface area (Å²) in [5.74, 6) is -0.974. The Kier molecular flexibility index (Phi) is 4.56. The van der Waals surface area contributed by atoms with E-state index < -0.39 is 17.7 Å². The van der Waals surface area contributed by atoms with Crippen LogP contribution in [0.5, 0.6) is 11.6 Å². The van der Waals surface area contributed by atoms with Crippen LogP contribution in [0.15, 0.2) is 36.5 Å². The minimum Gasteiger partial charge on any atom is -0.481 e. The lowest BCUT2D eigenvalue weighted by atomic mass is 10.1. The fourth-order valence-corrected chi connectivity index (χ4v) is 1.87. The number of rotatable bonds is 4. The molecule has 1 aromatic carbocycles. The van der Waals surface area contributed by atoms with E-state index in [1.807, 2.05) is 0 Å². The van der Waals surface area contributed by atoms with Crippen LogP contribution in [0.3, 0.4) is 0 Å². The van der Waals surface area contributed by atoms with E-state index in [2.05, 4.69) is 4.98 Å². The number of hydrogen-bond acceptors (Lipinski definition) is 3. The molecule has 1 N–H and O–H groups in total. The van der Waals surface area contributed by atoms with Gasteiger partial charge < -0.3 is 9.84 Å². The van der Waals surface area contributed by atoms with E-state index in [-0.39, 0.29) is 23.1 Å². The number of halogens is 4. The predicted molar refractivity (Wildman–Crippen MR) is 72.1 cm³/mol. The molecule has 0 unspecified atom stereocenters. The molecule has 0 amide bonds. The maximum absolute atomic E-state index is 12.5. The molecule has 0 spiro atoms. The lowest BCUT2D eigenvalue weighted by Gasteiger charge is -2.10. The SMILES string of the molecule is O=C(O)Cc1cccc(Oc2ncc(C(F)(F)F)cc2Cl)c1. The van der Waals surface area contributed by atoms with E-state index in [4.69, 9.17) is 21.4 Å². The largest absolute Gasteiger partial charge is 0.481 e. The normalized spacial score (nSPS) is 11.3. The molecule has 8 heteroatoms. The minimum absolute atomic E-state index is 0.192. The van der Waals surface area contributed by atoms with E-state index in [0.29, 0.717) is 17.8 Å². The number of aliphatic carboxylic acids is 1. The van der Waals surface area contributed by atoms with Gasteiger partial charge in [-0.15, -0.1) is 0 Å². The van der Waals surface area contributed by atoms with Crippen molar-refractivity contribution in [3.05, 3.63) is 52.7 Å². The van der Waals surface area contributed by atoms with Crippen LogP contribution in [0.25, 0.3) is 0 Å². The van der Waals surface area contributed by atoms with Gasteiger partial charge in [0.1, 0.15) is 10.8 Å². The summed E-state index contributed by atoms with van der Waals surface area (Å²) in [5.41, 5.74) is -0.502. The van der Waals surface area contributed by atoms with Crippen LogP contribution in [-0.4, -0.2) is 16.1 Å². The summed E-state index contributed by atoms with van der Waals surface area (Å²) >= 11 is 5.73. The first-order valence-corrected chi connectivity index (χ1v) is 6.35. The fourth-order valence-electron chi connectivity index (χ4n) is 1.66. The van der Waals surface area contributed by atoms with Crippen LogP contribution in [0.1, 0.15) is 11.1 Å². The third-order valence-electron chi connectivity index (χ3n) is 2.60. The molecule has 0 fully saturated rings. The Hall–Kier alpha value is -2.28. The standard InChI is InChI=1S/C14H9ClF3NO3/c15-11-6-9(14(16,17)18)7-19-13(11)22-10-3-1-2-8(4-10)5-12(20)21/h1-4,6-7H,5H2,(H,20,21). The Balaban J connectivity index is 2.22. The molecule has 0 atom stereocenters. The molecular formula is C14H9ClF3NO3. The Morgan fingerprint density at radius 1 is 1.32 bits per heavy atom. The molecule has 1 heterocycles. The first-order chi connectivity index (χ1) is 10.3. The third kappa shape index (κ3) is 4.11. The van der Waals surface area contributed by atoms with Crippen molar-refractivity contribution in [2.75, 3.05) is 0 Å². The summed E-state index contributed by atoms with van der Waals surface area (Å²) < 4.78 is 42.8. The minimum atomic E-state index is -4.55. The average Bonchev–Trinajstić information content (AvgIpc) is 2.39. The summed E-state index contributed by atoms with van der Waals surface area (Å²) in [5, 5.41) is 8.42. The van der Waals surface area contributed by atoms with E-state index in [9.17, 15) is 18.0 Å². The second-order valence-corrected chi connectivity index (χ2v) is 4.74. The van der Waals surface area contributed by atoms with Gasteiger partial charge in [0.15, 0.2) is 0 Å². The molecule has 0 radical (unpaired) electrons. The zero-order chi connectivity index (χ0) is 16.3. The van der Waals surface area contributed by atoms with Gasteiger partial charge in [-0.25, -0.2) is 4.98 Å². The topological polar surface area (TPSA) is 59.4 Å². The van der Waals surface area contributed by atoms with Crippen LogP contribution in [0, 0.1) is 0 Å². The van der Waals surface area contributed by atoms with Crippen molar-refractivity contribution >= 4 is 17.6 Å². The molecule has 0 bridgehead atoms. The van der Waals surface area contributed by atoms with Gasteiger partial charge in [-0.05, 0) is 23.8 Å². The highest BCUT2D eigenvalue weighted by Gasteiger charge is 2.31. The van der Waals surface area contributed by atoms with Gasteiger partial charge in [0.25, 0.3) is 0 Å². The number of pyridine rings is 1. The Bertz CT molecular complexity index is 704. The number of hydrogen-bond donors (Lipinski definition) is 1. The molecule has 22 heavy (non-hydrogen) atoms. The highest BCUT2D eigenvalue weighted by Crippen LogP contribution is 2.34. The fraction of sp³-hybridized carbons (Fsp3) is 0.143. The van der Waals surface area contributed by atoms with Gasteiger partial charge in [0, 0.05) is 6.20 Å². The number of carboxylic acid groups (broad SMARTS) is 1. The van der Waals surface area contributed by atoms with Crippen molar-refractivity contribution in [2.45, 2.75) is 12.6 Å². The monoisotopic (exact) mass is 331 g/mol. The van der Waals surface area contributed by atoms with Crippen LogP contribution in [0.4, 0.5) is 13.2 Å². The van der Waals surface area contributed by atoms with Gasteiger partial charge in [-0.2, -0.15) is 13.2 Å². The Morgan fingerprint density at radius 3 is 2.64 bits per heavy atom. The molecule has 4 nitrogen and oxygen atoms in total. The van der Waals surface area contributed by atoms with Gasteiger partial charge in [-0.3, -0.25) is 4.79 Å². The molecule has 0 aliphatic rings. The maximum Gasteiger partial charge on any atom is 0.417 e. The molecule has 116 valence electrons. The molecule has 0 aliphatic carbocycles. The van der Waals surface area contributed by atoms with E-state index in [1.54, 1.807) is 12.1 Å². The van der Waals surface area contributed by atoms with Crippen LogP contribution in [-0.2, 0) is 17.4 Å². The van der Waals surface area contributed by atoms with Crippen LogP contribution < -0.4 is 4.74 Å². The lowest BCUT2D eigenvalue weighted by molar-refractivity contribution is -0.138. The third-order valence-corrected chi connectivity index (χ3v) is 2.87. The van der Waals surface area contributed by atoms with E-state index >= 15 is 0 Å². The van der Waals surface area contributed by atoms with Crippen molar-refractivity contribution in [3.63, 3.8) is 0 Å². The predicted octanol–water partition coefficient (Wildman–Crippen LogP) is 4.17. The van der Waals surface area contributed by atoms with Crippen LogP contribution >= 0.6 is 11.6 Å². The molecule has 2 aromatic rings. The van der Waals surface area contributed by atoms with Crippen molar-refractivity contribution in [1.82, 2.24) is 4.98 Å². The number of alkyl halides is 3.